The molecule has 166 valence electrons. The largest absolute Gasteiger partial charge is 0.477 e. The van der Waals surface area contributed by atoms with Crippen molar-refractivity contribution in [2.75, 3.05) is 32.2 Å². The van der Waals surface area contributed by atoms with Gasteiger partial charge in [0.05, 0.1) is 17.1 Å². The van der Waals surface area contributed by atoms with Crippen LogP contribution in [0.5, 0.6) is 5.75 Å². The first-order valence-electron chi connectivity index (χ1n) is 10.00. The number of nitro benzene ring substituents is 1. The van der Waals surface area contributed by atoms with E-state index in [1.165, 1.54) is 23.5 Å². The highest BCUT2D eigenvalue weighted by Gasteiger charge is 2.26. The Bertz CT molecular complexity index is 988. The molecule has 0 unspecified atom stereocenters. The van der Waals surface area contributed by atoms with Gasteiger partial charge in [-0.05, 0) is 49.8 Å². The maximum atomic E-state index is 12.8. The number of benzene rings is 1. The number of carbonyl (C=O) groups is 2. The summed E-state index contributed by atoms with van der Waals surface area (Å²) in [5.41, 5.74) is 2.00. The fourth-order valence-electron chi connectivity index (χ4n) is 3.45. The van der Waals surface area contributed by atoms with Gasteiger partial charge in [-0.2, -0.15) is 0 Å². The van der Waals surface area contributed by atoms with Gasteiger partial charge in [0.25, 0.3) is 11.8 Å². The Morgan fingerprint density at radius 3 is 2.77 bits per heavy atom. The third-order valence-corrected chi connectivity index (χ3v) is 6.12. The van der Waals surface area contributed by atoms with Crippen molar-refractivity contribution < 1.29 is 24.0 Å². The van der Waals surface area contributed by atoms with Crippen LogP contribution >= 0.6 is 11.3 Å². The summed E-state index contributed by atoms with van der Waals surface area (Å²) < 4.78 is 10.4. The minimum atomic E-state index is -0.546. The number of anilines is 1. The van der Waals surface area contributed by atoms with E-state index in [9.17, 15) is 19.7 Å². The number of fused-ring (bicyclic) bond motifs is 1. The van der Waals surface area contributed by atoms with E-state index in [0.29, 0.717) is 23.7 Å². The minimum absolute atomic E-state index is 0.0220. The lowest BCUT2D eigenvalue weighted by atomic mass is 9.95. The monoisotopic (exact) mass is 447 g/mol. The van der Waals surface area contributed by atoms with Crippen molar-refractivity contribution in [3.63, 3.8) is 0 Å². The van der Waals surface area contributed by atoms with Gasteiger partial charge in [0.1, 0.15) is 5.00 Å². The van der Waals surface area contributed by atoms with Crippen molar-refractivity contribution in [2.45, 2.75) is 32.6 Å². The Labute approximate surface area is 183 Å². The van der Waals surface area contributed by atoms with Gasteiger partial charge in [-0.3, -0.25) is 19.7 Å². The highest BCUT2D eigenvalue weighted by molar-refractivity contribution is 7.17. The highest BCUT2D eigenvalue weighted by atomic mass is 32.1. The average Bonchev–Trinajstić information content (AvgIpc) is 3.10. The van der Waals surface area contributed by atoms with E-state index in [4.69, 9.17) is 9.47 Å². The molecule has 0 saturated heterocycles. The molecular formula is C21H25N3O6S. The predicted octanol–water partition coefficient (Wildman–Crippen LogP) is 3.24. The molecular weight excluding hydrogens is 422 g/mol. The first-order chi connectivity index (χ1) is 14.9. The lowest BCUT2D eigenvalue weighted by Gasteiger charge is -2.13. The molecule has 0 bridgehead atoms. The summed E-state index contributed by atoms with van der Waals surface area (Å²) in [6.07, 6.45) is 3.71. The summed E-state index contributed by atoms with van der Waals surface area (Å²) in [6, 6.07) is 4.54. The summed E-state index contributed by atoms with van der Waals surface area (Å²) >= 11 is 1.40. The third kappa shape index (κ3) is 5.59. The number of amides is 2. The zero-order valence-electron chi connectivity index (χ0n) is 17.5. The molecule has 0 atom stereocenters. The van der Waals surface area contributed by atoms with Crippen LogP contribution in [0.1, 0.15) is 39.2 Å². The summed E-state index contributed by atoms with van der Waals surface area (Å²) in [7, 11) is 1.56. The van der Waals surface area contributed by atoms with Crippen molar-refractivity contribution in [3.05, 3.63) is 49.9 Å². The molecule has 10 heteroatoms. The number of nitro groups is 1. The summed E-state index contributed by atoms with van der Waals surface area (Å²) in [6.45, 7) is 2.09. The third-order valence-electron chi connectivity index (χ3n) is 4.91. The summed E-state index contributed by atoms with van der Waals surface area (Å²) in [5, 5.41) is 17.3. The molecule has 0 spiro atoms. The fourth-order valence-corrected chi connectivity index (χ4v) is 4.75. The molecule has 1 heterocycles. The highest BCUT2D eigenvalue weighted by Crippen LogP contribution is 2.38. The lowest BCUT2D eigenvalue weighted by Crippen LogP contribution is -2.29. The molecule has 1 aromatic carbocycles. The number of aryl methyl sites for hydroxylation is 2. The second kappa shape index (κ2) is 10.4. The topological polar surface area (TPSA) is 120 Å². The summed E-state index contributed by atoms with van der Waals surface area (Å²) in [5.74, 6) is -0.713. The second-order valence-corrected chi connectivity index (χ2v) is 8.33. The van der Waals surface area contributed by atoms with Crippen LogP contribution in [-0.2, 0) is 22.4 Å². The number of carbonyl (C=O) groups excluding carboxylic acids is 2. The number of nitrogens with one attached hydrogen (secondary N) is 2. The summed E-state index contributed by atoms with van der Waals surface area (Å²) in [4.78, 5) is 37.1. The van der Waals surface area contributed by atoms with E-state index in [1.807, 2.05) is 0 Å². The smallest absolute Gasteiger partial charge is 0.311 e. The molecule has 9 nitrogen and oxygen atoms in total. The van der Waals surface area contributed by atoms with Crippen molar-refractivity contribution in [1.29, 1.82) is 0 Å². The van der Waals surface area contributed by atoms with Gasteiger partial charge in [-0.15, -0.1) is 11.3 Å². The first-order valence-corrected chi connectivity index (χ1v) is 10.8. The number of ether oxygens (including phenoxy) is 2. The zero-order valence-corrected chi connectivity index (χ0v) is 18.3. The Hall–Kier alpha value is -2.98. The molecule has 3 rings (SSSR count). The van der Waals surface area contributed by atoms with E-state index in [2.05, 4.69) is 10.6 Å². The average molecular weight is 448 g/mol. The molecule has 0 radical (unpaired) electrons. The lowest BCUT2D eigenvalue weighted by molar-refractivity contribution is -0.385. The fraction of sp³-hybridized carbons (Fsp3) is 0.429. The molecule has 2 amide bonds. The Balaban J connectivity index is 1.73. The van der Waals surface area contributed by atoms with Crippen LogP contribution in [0.2, 0.25) is 0 Å². The van der Waals surface area contributed by atoms with Gasteiger partial charge in [-0.25, -0.2) is 0 Å². The van der Waals surface area contributed by atoms with Crippen molar-refractivity contribution in [1.82, 2.24) is 5.32 Å². The van der Waals surface area contributed by atoms with E-state index >= 15 is 0 Å². The van der Waals surface area contributed by atoms with Gasteiger partial charge >= 0.3 is 5.69 Å². The first kappa shape index (κ1) is 22.7. The number of hydrogen-bond donors (Lipinski definition) is 2. The van der Waals surface area contributed by atoms with Crippen LogP contribution in [-0.4, -0.2) is 43.6 Å². The van der Waals surface area contributed by atoms with Gasteiger partial charge in [0.2, 0.25) is 0 Å². The van der Waals surface area contributed by atoms with Crippen molar-refractivity contribution >= 4 is 33.8 Å². The molecule has 0 fully saturated rings. The SMILES string of the molecule is COCCNC(=O)c1c(NC(=O)COc2ccc(C)cc2[N+](=O)[O-])sc2c1CCCC2. The maximum absolute atomic E-state index is 12.8. The molecule has 31 heavy (non-hydrogen) atoms. The van der Waals surface area contributed by atoms with Crippen LogP contribution in [0.3, 0.4) is 0 Å². The van der Waals surface area contributed by atoms with E-state index in [1.54, 1.807) is 20.1 Å². The van der Waals surface area contributed by atoms with Crippen LogP contribution in [0, 0.1) is 17.0 Å². The normalized spacial score (nSPS) is 12.7. The number of nitrogens with zero attached hydrogens (tertiary/aromatic N) is 1. The van der Waals surface area contributed by atoms with Crippen LogP contribution < -0.4 is 15.4 Å². The molecule has 1 aliphatic carbocycles. The van der Waals surface area contributed by atoms with Gasteiger partial charge in [0.15, 0.2) is 12.4 Å². The standard InChI is InChI=1S/C21H25N3O6S/c1-13-7-8-16(15(11-13)24(27)28)30-12-18(25)23-21-19(20(26)22-9-10-29-2)14-5-3-4-6-17(14)31-21/h7-8,11H,3-6,9-10,12H2,1-2H3,(H,22,26)(H,23,25). The molecule has 1 aromatic heterocycles. The Morgan fingerprint density at radius 2 is 2.03 bits per heavy atom. The number of rotatable bonds is 9. The molecule has 0 saturated carbocycles. The Kier molecular flexibility index (Phi) is 7.59. The number of hydrogen-bond acceptors (Lipinski definition) is 7. The predicted molar refractivity (Wildman–Crippen MR) is 117 cm³/mol. The van der Waals surface area contributed by atoms with Crippen LogP contribution in [0.25, 0.3) is 0 Å². The molecule has 0 aliphatic heterocycles. The number of thiophene rings is 1. The van der Waals surface area contributed by atoms with Gasteiger partial charge < -0.3 is 20.1 Å². The van der Waals surface area contributed by atoms with E-state index in [-0.39, 0.29) is 17.3 Å². The van der Waals surface area contributed by atoms with Gasteiger partial charge in [-0.1, -0.05) is 6.07 Å². The zero-order chi connectivity index (χ0) is 22.4. The Morgan fingerprint density at radius 1 is 1.26 bits per heavy atom. The van der Waals surface area contributed by atoms with Gasteiger partial charge in [0, 0.05) is 24.6 Å². The molecule has 2 aromatic rings. The second-order valence-electron chi connectivity index (χ2n) is 7.23. The minimum Gasteiger partial charge on any atom is -0.477 e. The van der Waals surface area contributed by atoms with E-state index < -0.39 is 17.4 Å². The molecule has 1 aliphatic rings. The maximum Gasteiger partial charge on any atom is 0.311 e. The number of methoxy groups -OCH3 is 1. The van der Waals surface area contributed by atoms with Crippen LogP contribution in [0.15, 0.2) is 18.2 Å². The molecule has 2 N–H and O–H groups in total. The van der Waals surface area contributed by atoms with Crippen LogP contribution in [0.4, 0.5) is 10.7 Å². The van der Waals surface area contributed by atoms with E-state index in [0.717, 1.165) is 41.7 Å². The quantitative estimate of drug-likeness (QED) is 0.346. The van der Waals surface area contributed by atoms with Crippen molar-refractivity contribution in [3.8, 4) is 5.75 Å². The van der Waals surface area contributed by atoms with Crippen molar-refractivity contribution in [2.24, 2.45) is 0 Å².